The highest BCUT2D eigenvalue weighted by Gasteiger charge is 2.30. The topological polar surface area (TPSA) is 83.5 Å². The van der Waals surface area contributed by atoms with E-state index < -0.39 is 17.6 Å². The maximum atomic E-state index is 12.7. The number of hydrogen-bond acceptors (Lipinski definition) is 7. The number of morpholine rings is 1. The van der Waals surface area contributed by atoms with E-state index >= 15 is 0 Å². The quantitative estimate of drug-likeness (QED) is 0.770. The van der Waals surface area contributed by atoms with Crippen molar-refractivity contribution in [1.82, 2.24) is 20.3 Å². The third kappa shape index (κ3) is 5.22. The van der Waals surface area contributed by atoms with E-state index in [0.29, 0.717) is 44.0 Å². The largest absolute Gasteiger partial charge is 0.416 e. The van der Waals surface area contributed by atoms with Crippen molar-refractivity contribution in [1.29, 1.82) is 0 Å². The van der Waals surface area contributed by atoms with Crippen molar-refractivity contribution in [3.05, 3.63) is 41.2 Å². The molecule has 2 aliphatic rings. The number of alkyl halides is 3. The van der Waals surface area contributed by atoms with Crippen molar-refractivity contribution in [2.75, 3.05) is 49.2 Å². The molecule has 1 N–H and O–H groups in total. The number of carbonyl (C=O) groups excluding carboxylic acids is 1. The van der Waals surface area contributed by atoms with Gasteiger partial charge in [0.15, 0.2) is 5.82 Å². The van der Waals surface area contributed by atoms with E-state index in [9.17, 15) is 18.0 Å². The second-order valence-electron chi connectivity index (χ2n) is 7.40. The Bertz CT molecular complexity index is 910. The van der Waals surface area contributed by atoms with Gasteiger partial charge in [0, 0.05) is 31.7 Å². The van der Waals surface area contributed by atoms with Gasteiger partial charge in [-0.05, 0) is 37.1 Å². The predicted molar refractivity (Wildman–Crippen MR) is 107 cm³/mol. The number of amides is 1. The molecule has 3 heterocycles. The van der Waals surface area contributed by atoms with Crippen LogP contribution >= 0.6 is 0 Å². The fourth-order valence-electron chi connectivity index (χ4n) is 3.51. The van der Waals surface area contributed by atoms with E-state index in [1.807, 2.05) is 4.90 Å². The molecule has 2 aromatic rings. The van der Waals surface area contributed by atoms with Gasteiger partial charge in [-0.2, -0.15) is 28.1 Å². The van der Waals surface area contributed by atoms with Crippen LogP contribution in [0, 0.1) is 0 Å². The summed E-state index contributed by atoms with van der Waals surface area (Å²) in [6.45, 7) is 4.28. The molecule has 1 aromatic carbocycles. The smallest absolute Gasteiger partial charge is 0.378 e. The summed E-state index contributed by atoms with van der Waals surface area (Å²) in [5.41, 5.74) is -0.665. The molecular weight excluding hydrogens is 413 g/mol. The van der Waals surface area contributed by atoms with Gasteiger partial charge in [0.2, 0.25) is 11.9 Å². The Labute approximate surface area is 177 Å². The molecule has 0 bridgehead atoms. The number of benzene rings is 1. The molecule has 2 fully saturated rings. The van der Waals surface area contributed by atoms with Crippen LogP contribution in [-0.2, 0) is 17.5 Å². The van der Waals surface area contributed by atoms with Crippen molar-refractivity contribution in [3.8, 4) is 0 Å². The monoisotopic (exact) mass is 436 g/mol. The number of carbonyl (C=O) groups is 1. The Morgan fingerprint density at radius 1 is 0.935 bits per heavy atom. The van der Waals surface area contributed by atoms with Gasteiger partial charge < -0.3 is 19.9 Å². The molecular formula is C20H23F3N6O2. The molecule has 2 aliphatic heterocycles. The Morgan fingerprint density at radius 2 is 1.52 bits per heavy atom. The van der Waals surface area contributed by atoms with E-state index in [4.69, 9.17) is 4.74 Å². The van der Waals surface area contributed by atoms with Gasteiger partial charge >= 0.3 is 6.18 Å². The molecule has 0 unspecified atom stereocenters. The van der Waals surface area contributed by atoms with Crippen molar-refractivity contribution in [3.63, 3.8) is 0 Å². The van der Waals surface area contributed by atoms with Crippen molar-refractivity contribution in [2.45, 2.75) is 25.6 Å². The highest BCUT2D eigenvalue weighted by Crippen LogP contribution is 2.29. The lowest BCUT2D eigenvalue weighted by Crippen LogP contribution is -2.38. The summed E-state index contributed by atoms with van der Waals surface area (Å²) in [5, 5.41) is 2.69. The van der Waals surface area contributed by atoms with Gasteiger partial charge in [0.25, 0.3) is 5.91 Å². The van der Waals surface area contributed by atoms with Crippen LogP contribution in [0.5, 0.6) is 0 Å². The van der Waals surface area contributed by atoms with Gasteiger partial charge in [-0.3, -0.25) is 4.79 Å². The van der Waals surface area contributed by atoms with Gasteiger partial charge in [0.05, 0.1) is 25.3 Å². The number of nitrogens with zero attached hydrogens (tertiary/aromatic N) is 5. The summed E-state index contributed by atoms with van der Waals surface area (Å²) in [6, 6.07) is 4.08. The molecule has 1 amide bonds. The lowest BCUT2D eigenvalue weighted by molar-refractivity contribution is -0.137. The fraction of sp³-hybridized carbons (Fsp3) is 0.500. The zero-order chi connectivity index (χ0) is 21.8. The molecule has 0 aliphatic carbocycles. The summed E-state index contributed by atoms with van der Waals surface area (Å²) in [7, 11) is 0. The minimum Gasteiger partial charge on any atom is -0.378 e. The van der Waals surface area contributed by atoms with E-state index in [-0.39, 0.29) is 12.1 Å². The number of ether oxygens (including phenoxy) is 1. The number of anilines is 2. The normalized spacial score (nSPS) is 17.1. The zero-order valence-electron chi connectivity index (χ0n) is 16.9. The Hall–Kier alpha value is -2.95. The van der Waals surface area contributed by atoms with Gasteiger partial charge in [-0.15, -0.1) is 0 Å². The third-order valence-electron chi connectivity index (χ3n) is 5.22. The molecule has 0 atom stereocenters. The lowest BCUT2D eigenvalue weighted by atomic mass is 10.1. The van der Waals surface area contributed by atoms with E-state index in [2.05, 4.69) is 25.2 Å². The lowest BCUT2D eigenvalue weighted by Gasteiger charge is -2.28. The zero-order valence-corrected chi connectivity index (χ0v) is 16.9. The van der Waals surface area contributed by atoms with Gasteiger partial charge in [-0.1, -0.05) is 0 Å². The number of halogens is 3. The maximum Gasteiger partial charge on any atom is 0.416 e. The predicted octanol–water partition coefficient (Wildman–Crippen LogP) is 2.26. The number of hydrogen-bond donors (Lipinski definition) is 1. The molecule has 31 heavy (non-hydrogen) atoms. The van der Waals surface area contributed by atoms with Crippen LogP contribution in [0.2, 0.25) is 0 Å². The number of aromatic nitrogens is 3. The van der Waals surface area contributed by atoms with Crippen LogP contribution in [0.1, 0.15) is 34.6 Å². The van der Waals surface area contributed by atoms with Gasteiger partial charge in [-0.25, -0.2) is 0 Å². The minimum atomic E-state index is -4.44. The first-order chi connectivity index (χ1) is 14.9. The second kappa shape index (κ2) is 9.04. The summed E-state index contributed by atoms with van der Waals surface area (Å²) in [4.78, 5) is 30.1. The van der Waals surface area contributed by atoms with Crippen LogP contribution in [-0.4, -0.2) is 60.3 Å². The van der Waals surface area contributed by atoms with Crippen LogP contribution in [0.4, 0.5) is 25.1 Å². The molecule has 0 radical (unpaired) electrons. The Kier molecular flexibility index (Phi) is 6.21. The average Bonchev–Trinajstić information content (AvgIpc) is 3.32. The van der Waals surface area contributed by atoms with Crippen LogP contribution in [0.25, 0.3) is 0 Å². The highest BCUT2D eigenvalue weighted by molar-refractivity contribution is 5.94. The molecule has 8 nitrogen and oxygen atoms in total. The third-order valence-corrected chi connectivity index (χ3v) is 5.22. The molecule has 0 spiro atoms. The standard InChI is InChI=1S/C20H23F3N6O2/c21-20(22,23)15-5-3-14(4-6-15)17(30)24-13-16-25-18(28-7-1-2-8-28)27-19(26-16)29-9-11-31-12-10-29/h3-6H,1-2,7-13H2,(H,24,30). The second-order valence-corrected chi connectivity index (χ2v) is 7.40. The van der Waals surface area contributed by atoms with Crippen LogP contribution < -0.4 is 15.1 Å². The van der Waals surface area contributed by atoms with Crippen molar-refractivity contribution in [2.24, 2.45) is 0 Å². The van der Waals surface area contributed by atoms with E-state index in [1.165, 1.54) is 0 Å². The Morgan fingerprint density at radius 3 is 2.10 bits per heavy atom. The molecule has 4 rings (SSSR count). The first-order valence-electron chi connectivity index (χ1n) is 10.2. The van der Waals surface area contributed by atoms with Gasteiger partial charge in [0.1, 0.15) is 0 Å². The fourth-order valence-corrected chi connectivity index (χ4v) is 3.51. The van der Waals surface area contributed by atoms with Crippen LogP contribution in [0.3, 0.4) is 0 Å². The van der Waals surface area contributed by atoms with Crippen LogP contribution in [0.15, 0.2) is 24.3 Å². The summed E-state index contributed by atoms with van der Waals surface area (Å²) < 4.78 is 43.5. The summed E-state index contributed by atoms with van der Waals surface area (Å²) >= 11 is 0. The number of nitrogens with one attached hydrogen (secondary N) is 1. The molecule has 166 valence electrons. The molecule has 2 saturated heterocycles. The van der Waals surface area contributed by atoms with Crippen molar-refractivity contribution >= 4 is 17.8 Å². The van der Waals surface area contributed by atoms with E-state index in [0.717, 1.165) is 50.2 Å². The maximum absolute atomic E-state index is 12.7. The Balaban J connectivity index is 1.48. The first kappa shape index (κ1) is 21.3. The molecule has 0 saturated carbocycles. The average molecular weight is 436 g/mol. The highest BCUT2D eigenvalue weighted by atomic mass is 19.4. The summed E-state index contributed by atoms with van der Waals surface area (Å²) in [5.74, 6) is 1.02. The van der Waals surface area contributed by atoms with E-state index in [1.54, 1.807) is 0 Å². The molecule has 1 aromatic heterocycles. The molecule has 11 heteroatoms. The minimum absolute atomic E-state index is 0.0422. The first-order valence-corrected chi connectivity index (χ1v) is 10.2. The SMILES string of the molecule is O=C(NCc1nc(N2CCCC2)nc(N2CCOCC2)n1)c1ccc(C(F)(F)F)cc1. The number of rotatable bonds is 5. The summed E-state index contributed by atoms with van der Waals surface area (Å²) in [6.07, 6.45) is -2.31. The van der Waals surface area contributed by atoms with Crippen molar-refractivity contribution < 1.29 is 22.7 Å².